The van der Waals surface area contributed by atoms with Crippen molar-refractivity contribution in [1.29, 1.82) is 0 Å². The van der Waals surface area contributed by atoms with Crippen LogP contribution in [0.25, 0.3) is 0 Å². The number of carbonyl (C=O) groups is 2. The van der Waals surface area contributed by atoms with E-state index in [1.165, 1.54) is 25.0 Å². The Kier molecular flexibility index (Phi) is 6.64. The van der Waals surface area contributed by atoms with Crippen LogP contribution in [-0.4, -0.2) is 40.5 Å². The van der Waals surface area contributed by atoms with E-state index in [0.29, 0.717) is 30.0 Å². The summed E-state index contributed by atoms with van der Waals surface area (Å²) in [5.41, 5.74) is 1.35. The Morgan fingerprint density at radius 2 is 1.91 bits per heavy atom. The molecule has 1 amide bonds. The molecular weight excluding hydrogens is 464 g/mol. The molecule has 1 aliphatic heterocycles. The second-order valence-electron chi connectivity index (χ2n) is 12.5. The second-order valence-corrected chi connectivity index (χ2v) is 13.3. The predicted molar refractivity (Wildman–Crippen MR) is 133 cm³/mol. The molecule has 32 heavy (non-hydrogen) atoms. The first kappa shape index (κ1) is 24.3. The van der Waals surface area contributed by atoms with Crippen LogP contribution in [0.15, 0.2) is 11.8 Å². The van der Waals surface area contributed by atoms with Gasteiger partial charge in [-0.1, -0.05) is 29.8 Å². The van der Waals surface area contributed by atoms with Crippen LogP contribution in [-0.2, 0) is 9.59 Å². The van der Waals surface area contributed by atoms with Gasteiger partial charge in [0.1, 0.15) is 0 Å². The number of allylic oxidation sites excluding steroid dienone is 2. The average molecular weight is 508 g/mol. The van der Waals surface area contributed by atoms with E-state index >= 15 is 0 Å². The lowest BCUT2D eigenvalue weighted by molar-refractivity contribution is -0.135. The van der Waals surface area contributed by atoms with E-state index in [9.17, 15) is 9.59 Å². The number of nitrogens with zero attached hydrogens (tertiary/aromatic N) is 1. The molecular formula is C27H43BrN2O2. The first-order valence-electron chi connectivity index (χ1n) is 12.9. The smallest absolute Gasteiger partial charge is 0.224 e. The minimum absolute atomic E-state index is 0.0973. The van der Waals surface area contributed by atoms with Gasteiger partial charge in [0.25, 0.3) is 0 Å². The summed E-state index contributed by atoms with van der Waals surface area (Å²) in [6, 6.07) is 0. The first-order chi connectivity index (χ1) is 15.0. The fourth-order valence-electron chi connectivity index (χ4n) is 7.91. The van der Waals surface area contributed by atoms with Crippen molar-refractivity contribution in [3.05, 3.63) is 11.8 Å². The summed E-state index contributed by atoms with van der Waals surface area (Å²) in [6.07, 6.45) is 10.5. The molecule has 2 saturated carbocycles. The summed E-state index contributed by atoms with van der Waals surface area (Å²) < 4.78 is 0. The maximum Gasteiger partial charge on any atom is 0.224 e. The molecule has 4 aliphatic rings. The molecule has 0 radical (unpaired) electrons. The molecule has 4 rings (SSSR count). The molecule has 5 heteroatoms. The number of amides is 1. The van der Waals surface area contributed by atoms with Gasteiger partial charge in [-0.05, 0) is 88.9 Å². The van der Waals surface area contributed by atoms with Gasteiger partial charge in [0.2, 0.25) is 5.91 Å². The van der Waals surface area contributed by atoms with Crippen LogP contribution in [0, 0.1) is 34.5 Å². The maximum atomic E-state index is 13.3. The number of piperidine rings is 1. The highest BCUT2D eigenvalue weighted by Gasteiger charge is 2.61. The summed E-state index contributed by atoms with van der Waals surface area (Å²) in [5.74, 6) is 2.57. The van der Waals surface area contributed by atoms with Gasteiger partial charge in [-0.15, -0.1) is 0 Å². The van der Waals surface area contributed by atoms with Crippen LogP contribution >= 0.6 is 15.9 Å². The highest BCUT2D eigenvalue weighted by atomic mass is 79.9. The number of hydrogen-bond donors (Lipinski definition) is 1. The molecule has 1 heterocycles. The average Bonchev–Trinajstić information content (AvgIpc) is 3.05. The summed E-state index contributed by atoms with van der Waals surface area (Å²) in [7, 11) is 0. The third kappa shape index (κ3) is 4.20. The summed E-state index contributed by atoms with van der Waals surface area (Å²) >= 11 is 3.58. The van der Waals surface area contributed by atoms with Gasteiger partial charge in [-0.3, -0.25) is 9.59 Å². The highest BCUT2D eigenvalue weighted by molar-refractivity contribution is 9.09. The fraction of sp³-hybridized carbons (Fsp3) is 0.852. The zero-order chi connectivity index (χ0) is 23.3. The highest BCUT2D eigenvalue weighted by Crippen LogP contribution is 2.65. The van der Waals surface area contributed by atoms with Crippen LogP contribution < -0.4 is 5.32 Å². The minimum atomic E-state index is -0.179. The molecule has 0 spiro atoms. The third-order valence-corrected chi connectivity index (χ3v) is 9.99. The van der Waals surface area contributed by atoms with Crippen LogP contribution in [0.4, 0.5) is 0 Å². The molecule has 6 atom stereocenters. The van der Waals surface area contributed by atoms with Crippen molar-refractivity contribution in [2.45, 2.75) is 91.5 Å². The molecule has 1 N–H and O–H groups in total. The van der Waals surface area contributed by atoms with E-state index in [0.717, 1.165) is 44.1 Å². The molecule has 0 aromatic rings. The number of likely N-dealkylation sites (tertiary alicyclic amines) is 1. The molecule has 180 valence electrons. The SMILES string of the molecule is CC(C)(C)NC(=O)C1CC[C@H]2[C@@H]3CN(CCCCBr)C4=CC(=O)CC[C@]4(C)[C@@H]3CC[C@]12C. The summed E-state index contributed by atoms with van der Waals surface area (Å²) in [4.78, 5) is 28.3. The number of rotatable bonds is 5. The van der Waals surface area contributed by atoms with Gasteiger partial charge in [-0.2, -0.15) is 0 Å². The van der Waals surface area contributed by atoms with E-state index in [1.807, 2.05) is 6.08 Å². The zero-order valence-electron chi connectivity index (χ0n) is 20.8. The van der Waals surface area contributed by atoms with Crippen molar-refractivity contribution >= 4 is 27.6 Å². The number of carbonyl (C=O) groups excluding carboxylic acids is 2. The van der Waals surface area contributed by atoms with Crippen LogP contribution in [0.1, 0.15) is 86.0 Å². The van der Waals surface area contributed by atoms with E-state index < -0.39 is 0 Å². The van der Waals surface area contributed by atoms with Crippen LogP contribution in [0.3, 0.4) is 0 Å². The van der Waals surface area contributed by atoms with Crippen molar-refractivity contribution in [3.8, 4) is 0 Å². The Labute approximate surface area is 203 Å². The van der Waals surface area contributed by atoms with Crippen molar-refractivity contribution in [2.24, 2.45) is 34.5 Å². The minimum Gasteiger partial charge on any atom is -0.374 e. The van der Waals surface area contributed by atoms with Gasteiger partial charge in [0.05, 0.1) is 0 Å². The van der Waals surface area contributed by atoms with E-state index in [4.69, 9.17) is 0 Å². The predicted octanol–water partition coefficient (Wildman–Crippen LogP) is 5.70. The normalized spacial score (nSPS) is 39.1. The van der Waals surface area contributed by atoms with Gasteiger partial charge < -0.3 is 10.2 Å². The van der Waals surface area contributed by atoms with Crippen molar-refractivity contribution in [1.82, 2.24) is 10.2 Å². The van der Waals surface area contributed by atoms with E-state index in [-0.39, 0.29) is 28.2 Å². The largest absolute Gasteiger partial charge is 0.374 e. The van der Waals surface area contributed by atoms with E-state index in [1.54, 1.807) is 0 Å². The number of halogens is 1. The number of hydrogen-bond acceptors (Lipinski definition) is 3. The zero-order valence-corrected chi connectivity index (χ0v) is 22.4. The molecule has 4 nitrogen and oxygen atoms in total. The number of unbranched alkanes of at least 4 members (excludes halogenated alkanes) is 1. The summed E-state index contributed by atoms with van der Waals surface area (Å²) in [5, 5.41) is 4.33. The fourth-order valence-corrected chi connectivity index (χ4v) is 8.31. The Morgan fingerprint density at radius 3 is 2.59 bits per heavy atom. The molecule has 3 aliphatic carbocycles. The number of alkyl halides is 1. The van der Waals surface area contributed by atoms with Gasteiger partial charge >= 0.3 is 0 Å². The standard InChI is InChI=1S/C27H43BrN2O2/c1-25(2,3)29-24(32)22-9-8-20-19-17-30(15-7-6-14-28)23-16-18(31)10-12-27(23,5)21(19)11-13-26(20,22)4/h16,19-22H,6-15,17H2,1-5H3,(H,29,32)/t19-,20-,21+,22?,26-,27+/m0/s1. The molecule has 1 saturated heterocycles. The monoisotopic (exact) mass is 506 g/mol. The topological polar surface area (TPSA) is 49.4 Å². The Morgan fingerprint density at radius 1 is 1.16 bits per heavy atom. The quantitative estimate of drug-likeness (QED) is 0.384. The molecule has 3 fully saturated rings. The number of fused-ring (bicyclic) bond motifs is 5. The molecule has 0 bridgehead atoms. The maximum absolute atomic E-state index is 13.3. The molecule has 0 aromatic heterocycles. The lowest BCUT2D eigenvalue weighted by Gasteiger charge is -2.61. The second kappa shape index (κ2) is 8.74. The van der Waals surface area contributed by atoms with Gasteiger partial charge in [-0.25, -0.2) is 0 Å². The Hall–Kier alpha value is -0.840. The van der Waals surface area contributed by atoms with Crippen LogP contribution in [0.2, 0.25) is 0 Å². The third-order valence-electron chi connectivity index (χ3n) is 9.43. The first-order valence-corrected chi connectivity index (χ1v) is 14.0. The number of nitrogens with one attached hydrogen (secondary N) is 1. The van der Waals surface area contributed by atoms with Crippen LogP contribution in [0.5, 0.6) is 0 Å². The Bertz CT molecular complexity index is 787. The molecule has 1 unspecified atom stereocenters. The van der Waals surface area contributed by atoms with Gasteiger partial charge in [0.15, 0.2) is 5.78 Å². The Balaban J connectivity index is 1.62. The van der Waals surface area contributed by atoms with Crippen molar-refractivity contribution in [3.63, 3.8) is 0 Å². The van der Waals surface area contributed by atoms with Gasteiger partial charge in [0, 0.05) is 53.5 Å². The summed E-state index contributed by atoms with van der Waals surface area (Å²) in [6.45, 7) is 13.2. The van der Waals surface area contributed by atoms with Crippen molar-refractivity contribution < 1.29 is 9.59 Å². The molecule has 0 aromatic carbocycles. The van der Waals surface area contributed by atoms with E-state index in [2.05, 4.69) is 60.8 Å². The lowest BCUT2D eigenvalue weighted by atomic mass is 9.49. The lowest BCUT2D eigenvalue weighted by Crippen LogP contribution is -2.58. The number of ketones is 1. The van der Waals surface area contributed by atoms with Crippen molar-refractivity contribution in [2.75, 3.05) is 18.4 Å².